The van der Waals surface area contributed by atoms with Gasteiger partial charge >= 0.3 is 0 Å². The van der Waals surface area contributed by atoms with Crippen LogP contribution in [-0.2, 0) is 6.42 Å². The van der Waals surface area contributed by atoms with Crippen LogP contribution >= 0.6 is 11.8 Å². The van der Waals surface area contributed by atoms with Crippen molar-refractivity contribution >= 4 is 28.4 Å². The van der Waals surface area contributed by atoms with Gasteiger partial charge in [-0.2, -0.15) is 0 Å². The number of hydrogen-bond donors (Lipinski definition) is 1. The van der Waals surface area contributed by atoms with E-state index in [9.17, 15) is 4.79 Å². The molecule has 2 heterocycles. The van der Waals surface area contributed by atoms with Crippen molar-refractivity contribution in [3.63, 3.8) is 0 Å². The molecule has 29 heavy (non-hydrogen) atoms. The van der Waals surface area contributed by atoms with Crippen LogP contribution in [0.3, 0.4) is 0 Å². The molecule has 4 aromatic rings. The van der Waals surface area contributed by atoms with Gasteiger partial charge in [0, 0.05) is 22.7 Å². The molecule has 5 rings (SSSR count). The molecule has 0 saturated heterocycles. The first-order chi connectivity index (χ1) is 14.3. The van der Waals surface area contributed by atoms with Gasteiger partial charge in [0.2, 0.25) is 5.16 Å². The highest BCUT2D eigenvalue weighted by Crippen LogP contribution is 2.42. The van der Waals surface area contributed by atoms with Gasteiger partial charge in [-0.15, -0.1) is 5.10 Å². The number of rotatable bonds is 7. The van der Waals surface area contributed by atoms with Crippen molar-refractivity contribution < 1.29 is 4.79 Å². The number of hydrogen-bond acceptors (Lipinski definition) is 5. The Morgan fingerprint density at radius 1 is 1.21 bits per heavy atom. The van der Waals surface area contributed by atoms with Crippen molar-refractivity contribution in [1.82, 2.24) is 25.2 Å². The van der Waals surface area contributed by atoms with Gasteiger partial charge in [-0.1, -0.05) is 67.2 Å². The molecule has 0 aliphatic heterocycles. The van der Waals surface area contributed by atoms with Crippen LogP contribution in [0.15, 0.2) is 59.9 Å². The number of thioether (sulfide) groups is 1. The minimum absolute atomic E-state index is 0.0612. The van der Waals surface area contributed by atoms with Crippen LogP contribution in [-0.4, -0.2) is 31.0 Å². The molecule has 2 aromatic carbocycles. The summed E-state index contributed by atoms with van der Waals surface area (Å²) in [7, 11) is 0. The van der Waals surface area contributed by atoms with Crippen molar-refractivity contribution in [1.29, 1.82) is 0 Å². The second-order valence-corrected chi connectivity index (χ2v) is 8.38. The lowest BCUT2D eigenvalue weighted by Gasteiger charge is -2.15. The summed E-state index contributed by atoms with van der Waals surface area (Å²) in [6.07, 6.45) is 4.93. The van der Waals surface area contributed by atoms with Crippen molar-refractivity contribution in [2.75, 3.05) is 0 Å². The number of aromatic nitrogens is 5. The standard InChI is InChI=1S/C22H21N5OS/c1-2-14-9-6-10-17-18(13-23-19(14)17)20(28)21(15-7-4-3-5-8-15)29-22-24-25-26-27(22)16-11-12-16/h3-10,13,16,21,23H,2,11-12H2,1H3. The number of aromatic amines is 1. The first-order valence-electron chi connectivity index (χ1n) is 9.89. The summed E-state index contributed by atoms with van der Waals surface area (Å²) in [4.78, 5) is 17.0. The maximum absolute atomic E-state index is 13.7. The number of para-hydroxylation sites is 1. The highest BCUT2D eigenvalue weighted by atomic mass is 32.2. The van der Waals surface area contributed by atoms with Crippen molar-refractivity contribution in [2.24, 2.45) is 0 Å². The average Bonchev–Trinajstić information content (AvgIpc) is 3.34. The predicted molar refractivity (Wildman–Crippen MR) is 113 cm³/mol. The summed E-state index contributed by atoms with van der Waals surface area (Å²) in [5.74, 6) is 0.0612. The van der Waals surface area contributed by atoms with Crippen molar-refractivity contribution in [2.45, 2.75) is 42.6 Å². The lowest BCUT2D eigenvalue weighted by molar-refractivity contribution is 0.0991. The van der Waals surface area contributed by atoms with E-state index in [0.717, 1.165) is 35.7 Å². The molecule has 1 aliphatic carbocycles. The van der Waals surface area contributed by atoms with Crippen LogP contribution in [0, 0.1) is 0 Å². The Labute approximate surface area is 172 Å². The van der Waals surface area contributed by atoms with Gasteiger partial charge in [-0.05, 0) is 40.8 Å². The Kier molecular flexibility index (Phi) is 4.67. The molecule has 6 nitrogen and oxygen atoms in total. The van der Waals surface area contributed by atoms with E-state index in [0.29, 0.717) is 16.8 Å². The van der Waals surface area contributed by atoms with E-state index in [1.807, 2.05) is 53.3 Å². The average molecular weight is 404 g/mol. The second-order valence-electron chi connectivity index (χ2n) is 7.31. The van der Waals surface area contributed by atoms with Gasteiger partial charge in [0.1, 0.15) is 5.25 Å². The fourth-order valence-corrected chi connectivity index (χ4v) is 4.79. The molecule has 0 spiro atoms. The summed E-state index contributed by atoms with van der Waals surface area (Å²) < 4.78 is 1.86. The minimum atomic E-state index is -0.413. The smallest absolute Gasteiger partial charge is 0.210 e. The Balaban J connectivity index is 1.56. The first kappa shape index (κ1) is 18.1. The first-order valence-corrected chi connectivity index (χ1v) is 10.8. The van der Waals surface area contributed by atoms with Crippen LogP contribution in [0.5, 0.6) is 0 Å². The largest absolute Gasteiger partial charge is 0.360 e. The number of fused-ring (bicyclic) bond motifs is 1. The molecular weight excluding hydrogens is 382 g/mol. The number of carbonyl (C=O) groups excluding carboxylic acids is 1. The Hall–Kier alpha value is -2.93. The van der Waals surface area contributed by atoms with Gasteiger partial charge in [0.25, 0.3) is 0 Å². The molecule has 1 unspecified atom stereocenters. The SMILES string of the molecule is CCc1cccc2c(C(=O)C(Sc3nnnn3C3CC3)c3ccccc3)c[nH]c12. The minimum Gasteiger partial charge on any atom is -0.360 e. The second kappa shape index (κ2) is 7.48. The molecular formula is C22H21N5OS. The molecule has 0 bridgehead atoms. The molecule has 1 aliphatic rings. The highest BCUT2D eigenvalue weighted by molar-refractivity contribution is 8.00. The number of Topliss-reactive ketones (excluding diaryl/α,β-unsaturated/α-hetero) is 1. The third-order valence-corrected chi connectivity index (χ3v) is 6.57. The van der Waals surface area contributed by atoms with Crippen molar-refractivity contribution in [3.05, 3.63) is 71.4 Å². The monoisotopic (exact) mass is 403 g/mol. The lowest BCUT2D eigenvalue weighted by Crippen LogP contribution is -2.11. The van der Waals surface area contributed by atoms with E-state index in [4.69, 9.17) is 0 Å². The van der Waals surface area contributed by atoms with Crippen LogP contribution in [0.1, 0.15) is 52.5 Å². The molecule has 0 amide bonds. The molecule has 146 valence electrons. The van der Waals surface area contributed by atoms with Crippen molar-refractivity contribution in [3.8, 4) is 0 Å². The molecule has 1 saturated carbocycles. The number of carbonyl (C=O) groups is 1. The van der Waals surface area contributed by atoms with Gasteiger partial charge in [0.05, 0.1) is 6.04 Å². The summed E-state index contributed by atoms with van der Waals surface area (Å²) >= 11 is 1.43. The van der Waals surface area contributed by atoms with E-state index in [1.54, 1.807) is 0 Å². The van der Waals surface area contributed by atoms with Gasteiger partial charge in [-0.3, -0.25) is 4.79 Å². The maximum atomic E-state index is 13.7. The predicted octanol–water partition coefficient (Wildman–Crippen LogP) is 4.77. The quantitative estimate of drug-likeness (QED) is 0.355. The van der Waals surface area contributed by atoms with Crippen LogP contribution in [0.4, 0.5) is 0 Å². The van der Waals surface area contributed by atoms with E-state index in [2.05, 4.69) is 33.5 Å². The molecule has 1 atom stereocenters. The van der Waals surface area contributed by atoms with E-state index < -0.39 is 5.25 Å². The fraction of sp³-hybridized carbons (Fsp3) is 0.273. The van der Waals surface area contributed by atoms with E-state index in [1.165, 1.54) is 17.3 Å². The highest BCUT2D eigenvalue weighted by Gasteiger charge is 2.32. The molecule has 1 N–H and O–H groups in total. The number of nitrogens with one attached hydrogen (secondary N) is 1. The van der Waals surface area contributed by atoms with Crippen LogP contribution < -0.4 is 0 Å². The Morgan fingerprint density at radius 2 is 2.03 bits per heavy atom. The zero-order chi connectivity index (χ0) is 19.8. The number of tetrazole rings is 1. The Morgan fingerprint density at radius 3 is 2.79 bits per heavy atom. The normalized spacial score (nSPS) is 14.9. The summed E-state index contributed by atoms with van der Waals surface area (Å²) in [6, 6.07) is 16.4. The fourth-order valence-electron chi connectivity index (χ4n) is 3.67. The molecule has 7 heteroatoms. The topological polar surface area (TPSA) is 76.5 Å². The number of H-pyrrole nitrogens is 1. The zero-order valence-electron chi connectivity index (χ0n) is 16.1. The third-order valence-electron chi connectivity index (χ3n) is 5.37. The van der Waals surface area contributed by atoms with E-state index >= 15 is 0 Å². The molecule has 2 aromatic heterocycles. The number of nitrogens with zero attached hydrogens (tertiary/aromatic N) is 4. The third kappa shape index (κ3) is 3.35. The van der Waals surface area contributed by atoms with Gasteiger partial charge in [0.15, 0.2) is 5.78 Å². The lowest BCUT2D eigenvalue weighted by atomic mass is 10.0. The number of benzene rings is 2. The summed E-state index contributed by atoms with van der Waals surface area (Å²) in [6.45, 7) is 2.12. The number of aryl methyl sites for hydroxylation is 1. The molecule has 0 radical (unpaired) electrons. The van der Waals surface area contributed by atoms with Gasteiger partial charge < -0.3 is 4.98 Å². The number of ketones is 1. The zero-order valence-corrected chi connectivity index (χ0v) is 16.9. The molecule has 1 fully saturated rings. The van der Waals surface area contributed by atoms with Gasteiger partial charge in [-0.25, -0.2) is 4.68 Å². The van der Waals surface area contributed by atoms with E-state index in [-0.39, 0.29) is 5.78 Å². The summed E-state index contributed by atoms with van der Waals surface area (Å²) in [5, 5.41) is 13.4. The Bertz CT molecular complexity index is 1160. The summed E-state index contributed by atoms with van der Waals surface area (Å²) in [5.41, 5.74) is 3.91. The maximum Gasteiger partial charge on any atom is 0.210 e. The van der Waals surface area contributed by atoms with Crippen LogP contribution in [0.25, 0.3) is 10.9 Å². The van der Waals surface area contributed by atoms with Crippen LogP contribution in [0.2, 0.25) is 0 Å².